The topological polar surface area (TPSA) is 46.2 Å². The van der Waals surface area contributed by atoms with E-state index in [0.29, 0.717) is 5.75 Å². The van der Waals surface area contributed by atoms with Crippen molar-refractivity contribution in [2.45, 2.75) is 27.7 Å². The van der Waals surface area contributed by atoms with Crippen molar-refractivity contribution in [3.63, 3.8) is 0 Å². The van der Waals surface area contributed by atoms with E-state index >= 15 is 0 Å². The van der Waals surface area contributed by atoms with E-state index in [-0.39, 0.29) is 0 Å². The van der Waals surface area contributed by atoms with Gasteiger partial charge >= 0.3 is 0 Å². The molecule has 98 valence electrons. The SMILES string of the molecule is CC.Cc1ccc(N)cc1.Cc1ccc(O)cc1. The smallest absolute Gasteiger partial charge is 0.115 e. The summed E-state index contributed by atoms with van der Waals surface area (Å²) in [4.78, 5) is 0. The van der Waals surface area contributed by atoms with E-state index in [1.807, 2.05) is 64.1 Å². The zero-order valence-electron chi connectivity index (χ0n) is 11.6. The van der Waals surface area contributed by atoms with E-state index < -0.39 is 0 Å². The van der Waals surface area contributed by atoms with Gasteiger partial charge in [0.05, 0.1) is 0 Å². The van der Waals surface area contributed by atoms with Gasteiger partial charge in [-0.25, -0.2) is 0 Å². The summed E-state index contributed by atoms with van der Waals surface area (Å²) in [6.45, 7) is 8.03. The number of hydrogen-bond donors (Lipinski definition) is 2. The minimum atomic E-state index is 0.329. The number of benzene rings is 2. The first-order valence-electron chi connectivity index (χ1n) is 6.16. The molecule has 2 aromatic carbocycles. The van der Waals surface area contributed by atoms with Crippen molar-refractivity contribution in [2.24, 2.45) is 0 Å². The van der Waals surface area contributed by atoms with Crippen LogP contribution in [0.1, 0.15) is 25.0 Å². The first-order valence-corrected chi connectivity index (χ1v) is 6.16. The molecule has 18 heavy (non-hydrogen) atoms. The normalized spacial score (nSPS) is 8.44. The Kier molecular flexibility index (Phi) is 8.12. The van der Waals surface area contributed by atoms with Gasteiger partial charge in [-0.15, -0.1) is 0 Å². The summed E-state index contributed by atoms with van der Waals surface area (Å²) < 4.78 is 0. The van der Waals surface area contributed by atoms with E-state index in [9.17, 15) is 0 Å². The Morgan fingerprint density at radius 2 is 1.06 bits per heavy atom. The Hall–Kier alpha value is -1.96. The number of aromatic hydroxyl groups is 1. The van der Waals surface area contributed by atoms with E-state index in [1.165, 1.54) is 11.1 Å². The van der Waals surface area contributed by atoms with Gasteiger partial charge in [-0.2, -0.15) is 0 Å². The number of phenolic OH excluding ortho intramolecular Hbond substituents is 1. The molecule has 0 saturated heterocycles. The molecule has 0 spiro atoms. The van der Waals surface area contributed by atoms with Gasteiger partial charge in [0.2, 0.25) is 0 Å². The average molecular weight is 245 g/mol. The van der Waals surface area contributed by atoms with Gasteiger partial charge in [-0.3, -0.25) is 0 Å². The summed E-state index contributed by atoms with van der Waals surface area (Å²) in [6.07, 6.45) is 0. The van der Waals surface area contributed by atoms with Crippen LogP contribution >= 0.6 is 0 Å². The lowest BCUT2D eigenvalue weighted by atomic mass is 10.2. The van der Waals surface area contributed by atoms with Gasteiger partial charge in [0, 0.05) is 5.69 Å². The number of hydrogen-bond acceptors (Lipinski definition) is 2. The maximum Gasteiger partial charge on any atom is 0.115 e. The molecule has 0 unspecified atom stereocenters. The predicted molar refractivity (Wildman–Crippen MR) is 79.8 cm³/mol. The number of aryl methyl sites for hydroxylation is 2. The number of nitrogens with two attached hydrogens (primary N) is 1. The molecule has 0 bridgehead atoms. The molecule has 0 fully saturated rings. The van der Waals surface area contributed by atoms with Crippen LogP contribution in [0.4, 0.5) is 5.69 Å². The Bertz CT molecular complexity index is 332. The zero-order valence-corrected chi connectivity index (χ0v) is 11.6. The second kappa shape index (κ2) is 9.11. The lowest BCUT2D eigenvalue weighted by Gasteiger charge is -1.90. The summed E-state index contributed by atoms with van der Waals surface area (Å²) in [7, 11) is 0. The lowest BCUT2D eigenvalue weighted by molar-refractivity contribution is 0.475. The highest BCUT2D eigenvalue weighted by atomic mass is 16.3. The van der Waals surface area contributed by atoms with Crippen molar-refractivity contribution < 1.29 is 5.11 Å². The van der Waals surface area contributed by atoms with Gasteiger partial charge in [0.25, 0.3) is 0 Å². The van der Waals surface area contributed by atoms with Crippen LogP contribution in [0, 0.1) is 13.8 Å². The third-order valence-corrected chi connectivity index (χ3v) is 2.11. The van der Waals surface area contributed by atoms with Gasteiger partial charge in [0.15, 0.2) is 0 Å². The molecule has 0 radical (unpaired) electrons. The number of nitrogen functional groups attached to an aromatic ring is 1. The number of anilines is 1. The van der Waals surface area contributed by atoms with Crippen molar-refractivity contribution in [1.29, 1.82) is 0 Å². The Balaban J connectivity index is 0.000000283. The molecule has 0 atom stereocenters. The molecule has 2 nitrogen and oxygen atoms in total. The summed E-state index contributed by atoms with van der Waals surface area (Å²) in [5, 5.41) is 8.76. The molecular weight excluding hydrogens is 222 g/mol. The van der Waals surface area contributed by atoms with Crippen LogP contribution in [0.5, 0.6) is 5.75 Å². The summed E-state index contributed by atoms with van der Waals surface area (Å²) in [6, 6.07) is 14.9. The lowest BCUT2D eigenvalue weighted by Crippen LogP contribution is -1.81. The standard InChI is InChI=1S/C7H9N.C7H8O.C2H6/c2*1-6-2-4-7(8)5-3-6;1-2/h2-5H,8H2,1H3;2-5,8H,1H3;1-2H3. The highest BCUT2D eigenvalue weighted by molar-refractivity contribution is 5.38. The molecule has 0 saturated carbocycles. The van der Waals surface area contributed by atoms with Gasteiger partial charge in [0.1, 0.15) is 5.75 Å². The molecule has 2 rings (SSSR count). The third-order valence-electron chi connectivity index (χ3n) is 2.11. The van der Waals surface area contributed by atoms with Crippen molar-refractivity contribution in [2.75, 3.05) is 5.73 Å². The number of phenols is 1. The Morgan fingerprint density at radius 1 is 0.722 bits per heavy atom. The summed E-state index contributed by atoms with van der Waals surface area (Å²) in [5.41, 5.74) is 8.67. The molecule has 0 aliphatic rings. The predicted octanol–water partition coefficient (Wildman–Crippen LogP) is 4.30. The number of rotatable bonds is 0. The first-order chi connectivity index (χ1) is 8.58. The molecular formula is C16H23NO. The molecule has 0 heterocycles. The fourth-order valence-corrected chi connectivity index (χ4v) is 1.11. The van der Waals surface area contributed by atoms with Crippen LogP contribution in [-0.2, 0) is 0 Å². The first kappa shape index (κ1) is 16.0. The van der Waals surface area contributed by atoms with E-state index in [2.05, 4.69) is 0 Å². The van der Waals surface area contributed by atoms with Crippen molar-refractivity contribution in [3.8, 4) is 5.75 Å². The van der Waals surface area contributed by atoms with Crippen LogP contribution in [0.25, 0.3) is 0 Å². The van der Waals surface area contributed by atoms with Crippen LogP contribution in [0.3, 0.4) is 0 Å². The molecule has 3 N–H and O–H groups in total. The maximum absolute atomic E-state index is 8.76. The van der Waals surface area contributed by atoms with E-state index in [0.717, 1.165) is 5.69 Å². The zero-order chi connectivity index (χ0) is 14.0. The minimum Gasteiger partial charge on any atom is -0.508 e. The Labute approximate surface area is 110 Å². The Morgan fingerprint density at radius 3 is 1.33 bits per heavy atom. The highest BCUT2D eigenvalue weighted by Gasteiger charge is 1.82. The second-order valence-corrected chi connectivity index (χ2v) is 3.75. The van der Waals surface area contributed by atoms with Gasteiger partial charge in [-0.1, -0.05) is 49.2 Å². The van der Waals surface area contributed by atoms with E-state index in [1.54, 1.807) is 12.1 Å². The summed E-state index contributed by atoms with van der Waals surface area (Å²) in [5.74, 6) is 0.329. The van der Waals surface area contributed by atoms with Crippen LogP contribution in [-0.4, -0.2) is 5.11 Å². The quantitative estimate of drug-likeness (QED) is 0.680. The van der Waals surface area contributed by atoms with Gasteiger partial charge < -0.3 is 10.8 Å². The average Bonchev–Trinajstić information content (AvgIpc) is 2.40. The van der Waals surface area contributed by atoms with Crippen LogP contribution in [0.2, 0.25) is 0 Å². The summed E-state index contributed by atoms with van der Waals surface area (Å²) >= 11 is 0. The maximum atomic E-state index is 8.76. The van der Waals surface area contributed by atoms with Crippen LogP contribution in [0.15, 0.2) is 48.5 Å². The molecule has 0 amide bonds. The second-order valence-electron chi connectivity index (χ2n) is 3.75. The molecule has 0 aliphatic heterocycles. The molecule has 0 aromatic heterocycles. The van der Waals surface area contributed by atoms with E-state index in [4.69, 9.17) is 10.8 Å². The molecule has 0 aliphatic carbocycles. The van der Waals surface area contributed by atoms with Crippen molar-refractivity contribution >= 4 is 5.69 Å². The van der Waals surface area contributed by atoms with Crippen molar-refractivity contribution in [1.82, 2.24) is 0 Å². The molecule has 2 aromatic rings. The monoisotopic (exact) mass is 245 g/mol. The fraction of sp³-hybridized carbons (Fsp3) is 0.250. The third kappa shape index (κ3) is 7.34. The largest absolute Gasteiger partial charge is 0.508 e. The van der Waals surface area contributed by atoms with Crippen molar-refractivity contribution in [3.05, 3.63) is 59.7 Å². The highest BCUT2D eigenvalue weighted by Crippen LogP contribution is 2.07. The fourth-order valence-electron chi connectivity index (χ4n) is 1.11. The van der Waals surface area contributed by atoms with Gasteiger partial charge in [-0.05, 0) is 38.1 Å². The minimum absolute atomic E-state index is 0.329. The van der Waals surface area contributed by atoms with Crippen LogP contribution < -0.4 is 5.73 Å². The molecule has 2 heteroatoms.